The third-order valence-corrected chi connectivity index (χ3v) is 6.34. The highest BCUT2D eigenvalue weighted by Gasteiger charge is 2.25. The van der Waals surface area contributed by atoms with Crippen LogP contribution in [0.2, 0.25) is 15.1 Å². The Morgan fingerprint density at radius 1 is 0.906 bits per heavy atom. The Morgan fingerprint density at radius 2 is 1.72 bits per heavy atom. The number of carbonyl (C=O) groups is 1. The topological polar surface area (TPSA) is 66.6 Å². The van der Waals surface area contributed by atoms with E-state index in [0.717, 1.165) is 11.3 Å². The van der Waals surface area contributed by atoms with Crippen LogP contribution in [-0.4, -0.2) is 56.6 Å². The lowest BCUT2D eigenvalue weighted by Crippen LogP contribution is -2.49. The van der Waals surface area contributed by atoms with Crippen molar-refractivity contribution in [2.24, 2.45) is 0 Å². The molecule has 5 rings (SSSR count). The molecular formula is C22H17Cl3N6O. The van der Waals surface area contributed by atoms with Crippen molar-refractivity contribution in [1.29, 1.82) is 0 Å². The minimum absolute atomic E-state index is 0.0290. The van der Waals surface area contributed by atoms with Gasteiger partial charge in [0.1, 0.15) is 0 Å². The molecule has 1 fully saturated rings. The fourth-order valence-corrected chi connectivity index (χ4v) is 4.19. The summed E-state index contributed by atoms with van der Waals surface area (Å²) in [5, 5.41) is 6.18. The summed E-state index contributed by atoms with van der Waals surface area (Å²) in [7, 11) is 0. The quantitative estimate of drug-likeness (QED) is 0.418. The van der Waals surface area contributed by atoms with E-state index in [1.54, 1.807) is 47.1 Å². The molecule has 32 heavy (non-hydrogen) atoms. The van der Waals surface area contributed by atoms with Gasteiger partial charge in [0.2, 0.25) is 5.95 Å². The molecule has 4 aromatic rings. The molecule has 0 N–H and O–H groups in total. The number of hydrogen-bond donors (Lipinski definition) is 0. The molecular weight excluding hydrogens is 471 g/mol. The molecule has 0 unspecified atom stereocenters. The van der Waals surface area contributed by atoms with Crippen LogP contribution in [0, 0.1) is 0 Å². The summed E-state index contributed by atoms with van der Waals surface area (Å²) in [6.07, 6.45) is 1.69. The summed E-state index contributed by atoms with van der Waals surface area (Å²) < 4.78 is 1.69. The average molecular weight is 488 g/mol. The van der Waals surface area contributed by atoms with Crippen molar-refractivity contribution in [2.75, 3.05) is 31.1 Å². The van der Waals surface area contributed by atoms with Crippen LogP contribution in [-0.2, 0) is 0 Å². The highest BCUT2D eigenvalue weighted by molar-refractivity contribution is 6.42. The molecule has 3 heterocycles. The maximum absolute atomic E-state index is 12.8. The predicted octanol–water partition coefficient (Wildman–Crippen LogP) is 4.71. The van der Waals surface area contributed by atoms with Crippen LogP contribution in [0.3, 0.4) is 0 Å². The van der Waals surface area contributed by atoms with Gasteiger partial charge >= 0.3 is 0 Å². The second-order valence-electron chi connectivity index (χ2n) is 7.37. The van der Waals surface area contributed by atoms with Gasteiger partial charge in [-0.2, -0.15) is 9.50 Å². The first-order valence-corrected chi connectivity index (χ1v) is 11.1. The Hall–Kier alpha value is -2.87. The lowest BCUT2D eigenvalue weighted by molar-refractivity contribution is 0.0746. The molecule has 1 saturated heterocycles. The van der Waals surface area contributed by atoms with Gasteiger partial charge in [-0.05, 0) is 36.4 Å². The first kappa shape index (κ1) is 21.0. The maximum atomic E-state index is 12.8. The fraction of sp³-hybridized carbons (Fsp3) is 0.182. The number of nitrogens with zero attached hydrogens (tertiary/aromatic N) is 6. The largest absolute Gasteiger partial charge is 0.336 e. The van der Waals surface area contributed by atoms with E-state index in [4.69, 9.17) is 34.8 Å². The molecule has 2 aromatic carbocycles. The second kappa shape index (κ2) is 8.58. The second-order valence-corrected chi connectivity index (χ2v) is 8.62. The van der Waals surface area contributed by atoms with Gasteiger partial charge in [0.05, 0.1) is 15.7 Å². The average Bonchev–Trinajstić information content (AvgIpc) is 3.25. The smallest absolute Gasteiger partial charge is 0.254 e. The molecule has 0 aliphatic carbocycles. The third-order valence-electron chi connectivity index (χ3n) is 5.37. The SMILES string of the molecule is O=C(c1cccc(Cl)c1)N1CCN(c2nc3nccc(-c4ccc(Cl)c(Cl)c4)n3n2)CC1. The molecule has 7 nitrogen and oxygen atoms in total. The number of benzene rings is 2. The number of hydrogen-bond acceptors (Lipinski definition) is 5. The summed E-state index contributed by atoms with van der Waals surface area (Å²) in [6, 6.07) is 14.3. The summed E-state index contributed by atoms with van der Waals surface area (Å²) in [5.41, 5.74) is 2.26. The van der Waals surface area contributed by atoms with Gasteiger partial charge in [-0.1, -0.05) is 46.9 Å². The molecule has 0 atom stereocenters. The molecule has 10 heteroatoms. The van der Waals surface area contributed by atoms with Gasteiger partial charge in [-0.3, -0.25) is 4.79 Å². The molecule has 1 aliphatic rings. The van der Waals surface area contributed by atoms with Crippen LogP contribution >= 0.6 is 34.8 Å². The number of halogens is 3. The van der Waals surface area contributed by atoms with Gasteiger partial charge < -0.3 is 9.80 Å². The van der Waals surface area contributed by atoms with E-state index < -0.39 is 0 Å². The van der Waals surface area contributed by atoms with Crippen LogP contribution in [0.5, 0.6) is 0 Å². The van der Waals surface area contributed by atoms with Crippen molar-refractivity contribution in [3.05, 3.63) is 75.4 Å². The molecule has 1 amide bonds. The van der Waals surface area contributed by atoms with E-state index in [1.807, 2.05) is 17.0 Å². The highest BCUT2D eigenvalue weighted by Crippen LogP contribution is 2.29. The van der Waals surface area contributed by atoms with E-state index in [-0.39, 0.29) is 5.91 Å². The van der Waals surface area contributed by atoms with E-state index in [9.17, 15) is 4.79 Å². The summed E-state index contributed by atoms with van der Waals surface area (Å²) in [6.45, 7) is 2.36. The number of carbonyl (C=O) groups excluding carboxylic acids is 1. The summed E-state index contributed by atoms with van der Waals surface area (Å²) in [5.74, 6) is 1.03. The normalized spacial score (nSPS) is 14.2. The molecule has 0 saturated carbocycles. The van der Waals surface area contributed by atoms with Crippen LogP contribution in [0.25, 0.3) is 17.0 Å². The lowest BCUT2D eigenvalue weighted by atomic mass is 10.1. The first-order valence-electron chi connectivity index (χ1n) is 9.96. The van der Waals surface area contributed by atoms with Gasteiger partial charge in [0.25, 0.3) is 11.7 Å². The van der Waals surface area contributed by atoms with Crippen molar-refractivity contribution in [3.63, 3.8) is 0 Å². The third kappa shape index (κ3) is 3.99. The minimum atomic E-state index is -0.0290. The van der Waals surface area contributed by atoms with Crippen molar-refractivity contribution < 1.29 is 4.79 Å². The van der Waals surface area contributed by atoms with E-state index >= 15 is 0 Å². The van der Waals surface area contributed by atoms with Crippen LogP contribution in [0.4, 0.5) is 5.95 Å². The summed E-state index contributed by atoms with van der Waals surface area (Å²) in [4.78, 5) is 25.6. The Balaban J connectivity index is 1.36. The zero-order valence-electron chi connectivity index (χ0n) is 16.8. The van der Waals surface area contributed by atoms with E-state index in [1.165, 1.54) is 0 Å². The number of fused-ring (bicyclic) bond motifs is 1. The predicted molar refractivity (Wildman–Crippen MR) is 126 cm³/mol. The van der Waals surface area contributed by atoms with Crippen LogP contribution in [0.1, 0.15) is 10.4 Å². The first-order chi connectivity index (χ1) is 15.5. The molecule has 2 aromatic heterocycles. The Labute approximate surface area is 199 Å². The molecule has 0 spiro atoms. The number of amides is 1. The van der Waals surface area contributed by atoms with E-state index in [0.29, 0.717) is 58.5 Å². The molecule has 1 aliphatic heterocycles. The van der Waals surface area contributed by atoms with Crippen molar-refractivity contribution in [2.45, 2.75) is 0 Å². The molecule has 162 valence electrons. The Morgan fingerprint density at radius 3 is 2.47 bits per heavy atom. The van der Waals surface area contributed by atoms with Crippen molar-refractivity contribution >= 4 is 52.4 Å². The fourth-order valence-electron chi connectivity index (χ4n) is 3.71. The zero-order valence-corrected chi connectivity index (χ0v) is 19.0. The number of piperazine rings is 1. The molecule has 0 bridgehead atoms. The van der Waals surface area contributed by atoms with Crippen molar-refractivity contribution in [3.8, 4) is 11.3 Å². The molecule has 0 radical (unpaired) electrons. The minimum Gasteiger partial charge on any atom is -0.336 e. The highest BCUT2D eigenvalue weighted by atomic mass is 35.5. The number of rotatable bonds is 3. The van der Waals surface area contributed by atoms with Gasteiger partial charge in [-0.25, -0.2) is 4.98 Å². The Bertz CT molecular complexity index is 1320. The van der Waals surface area contributed by atoms with Gasteiger partial charge in [0, 0.05) is 48.5 Å². The number of anilines is 1. The maximum Gasteiger partial charge on any atom is 0.254 e. The monoisotopic (exact) mass is 486 g/mol. The zero-order chi connectivity index (χ0) is 22.2. The van der Waals surface area contributed by atoms with Gasteiger partial charge in [-0.15, -0.1) is 5.10 Å². The van der Waals surface area contributed by atoms with Crippen LogP contribution in [0.15, 0.2) is 54.7 Å². The van der Waals surface area contributed by atoms with Crippen molar-refractivity contribution in [1.82, 2.24) is 24.5 Å². The standard InChI is InChI=1S/C22H17Cl3N6O/c23-16-3-1-2-15(12-16)20(32)29-8-10-30(11-9-29)22-27-21-26-7-6-19(31(21)28-22)14-4-5-17(24)18(25)13-14/h1-7,12-13H,8-11H2. The van der Waals surface area contributed by atoms with E-state index in [2.05, 4.69) is 20.0 Å². The lowest BCUT2D eigenvalue weighted by Gasteiger charge is -2.34. The summed E-state index contributed by atoms with van der Waals surface area (Å²) >= 11 is 18.3. The number of aromatic nitrogens is 4. The Kier molecular flexibility index (Phi) is 5.63. The van der Waals surface area contributed by atoms with Crippen LogP contribution < -0.4 is 4.90 Å². The van der Waals surface area contributed by atoms with Gasteiger partial charge in [0.15, 0.2) is 0 Å².